The monoisotopic (exact) mass is 446 g/mol. The number of rotatable bonds is 3. The molecule has 2 amide bonds. The van der Waals surface area contributed by atoms with Crippen LogP contribution in [0, 0.1) is 0 Å². The third kappa shape index (κ3) is 3.88. The van der Waals surface area contributed by atoms with E-state index in [9.17, 15) is 14.4 Å². The molecule has 0 atom stereocenters. The number of carbonyl (C=O) groups excluding carboxylic acids is 1. The van der Waals surface area contributed by atoms with Crippen molar-refractivity contribution in [1.82, 2.24) is 34.0 Å². The molecule has 11 nitrogen and oxygen atoms in total. The Kier molecular flexibility index (Phi) is 5.21. The summed E-state index contributed by atoms with van der Waals surface area (Å²) in [5.74, 6) is 0.461. The number of urea groups is 1. The van der Waals surface area contributed by atoms with Gasteiger partial charge in [0.05, 0.1) is 5.52 Å². The van der Waals surface area contributed by atoms with Crippen molar-refractivity contribution >= 4 is 22.9 Å². The zero-order chi connectivity index (χ0) is 22.9. The van der Waals surface area contributed by atoms with Crippen molar-refractivity contribution in [2.45, 2.75) is 18.9 Å². The first kappa shape index (κ1) is 20.6. The maximum atomic E-state index is 12.9. The summed E-state index contributed by atoms with van der Waals surface area (Å²) in [4.78, 5) is 55.0. The number of hydrogen-bond donors (Lipinski definition) is 2. The van der Waals surface area contributed by atoms with Crippen molar-refractivity contribution < 1.29 is 4.79 Å². The number of fused-ring (bicyclic) bond motifs is 1. The molecule has 0 spiro atoms. The maximum Gasteiger partial charge on any atom is 0.327 e. The molecule has 4 aromatic heterocycles. The van der Waals surface area contributed by atoms with E-state index in [1.165, 1.54) is 4.57 Å². The predicted octanol–water partition coefficient (Wildman–Crippen LogP) is 1.75. The molecule has 0 aliphatic carbocycles. The van der Waals surface area contributed by atoms with Gasteiger partial charge in [-0.1, -0.05) is 0 Å². The number of H-pyrrole nitrogens is 1. The lowest BCUT2D eigenvalue weighted by Gasteiger charge is -2.32. The van der Waals surface area contributed by atoms with Crippen LogP contribution in [-0.2, 0) is 7.05 Å². The van der Waals surface area contributed by atoms with Gasteiger partial charge in [0.15, 0.2) is 11.5 Å². The van der Waals surface area contributed by atoms with Crippen LogP contribution in [0.2, 0.25) is 0 Å². The molecule has 33 heavy (non-hydrogen) atoms. The van der Waals surface area contributed by atoms with Crippen molar-refractivity contribution in [3.05, 3.63) is 69.9 Å². The average Bonchev–Trinajstić information content (AvgIpc) is 3.18. The molecule has 2 N–H and O–H groups in total. The number of amides is 2. The topological polar surface area (TPSA) is 131 Å². The Morgan fingerprint density at radius 1 is 1.09 bits per heavy atom. The summed E-state index contributed by atoms with van der Waals surface area (Å²) < 4.78 is 3.11. The lowest BCUT2D eigenvalue weighted by Crippen LogP contribution is -2.43. The lowest BCUT2D eigenvalue weighted by atomic mass is 10.0. The molecule has 4 aromatic rings. The summed E-state index contributed by atoms with van der Waals surface area (Å²) in [6.45, 7) is 0.912. The van der Waals surface area contributed by atoms with Gasteiger partial charge in [-0.3, -0.25) is 14.3 Å². The summed E-state index contributed by atoms with van der Waals surface area (Å²) in [6.07, 6.45) is 7.73. The normalized spacial score (nSPS) is 14.5. The number of hydrogen-bond acceptors (Lipinski definition) is 6. The summed E-state index contributed by atoms with van der Waals surface area (Å²) in [7, 11) is 1.61. The van der Waals surface area contributed by atoms with Crippen molar-refractivity contribution in [1.29, 1.82) is 0 Å². The van der Waals surface area contributed by atoms with Crippen molar-refractivity contribution in [2.75, 3.05) is 18.4 Å². The Labute approximate surface area is 187 Å². The number of pyridine rings is 2. The van der Waals surface area contributed by atoms with Gasteiger partial charge in [0.2, 0.25) is 0 Å². The number of likely N-dealkylation sites (tertiary alicyclic amines) is 1. The molecule has 5 heterocycles. The van der Waals surface area contributed by atoms with Gasteiger partial charge >= 0.3 is 11.7 Å². The van der Waals surface area contributed by atoms with E-state index in [1.54, 1.807) is 59.5 Å². The third-order valence-corrected chi connectivity index (χ3v) is 5.86. The van der Waals surface area contributed by atoms with E-state index in [0.717, 1.165) is 5.52 Å². The van der Waals surface area contributed by atoms with Crippen LogP contribution in [-0.4, -0.2) is 53.1 Å². The molecule has 0 saturated carbocycles. The van der Waals surface area contributed by atoms with Crippen LogP contribution in [0.15, 0.2) is 58.6 Å². The average molecular weight is 446 g/mol. The van der Waals surface area contributed by atoms with Crippen molar-refractivity contribution in [3.63, 3.8) is 0 Å². The second-order valence-corrected chi connectivity index (χ2v) is 7.95. The fourth-order valence-electron chi connectivity index (χ4n) is 4.21. The van der Waals surface area contributed by atoms with Crippen LogP contribution in [0.25, 0.3) is 22.6 Å². The number of aromatic nitrogens is 6. The van der Waals surface area contributed by atoms with Crippen LogP contribution < -0.4 is 16.6 Å². The zero-order valence-corrected chi connectivity index (χ0v) is 17.9. The van der Waals surface area contributed by atoms with Crippen molar-refractivity contribution in [3.8, 4) is 11.4 Å². The number of anilines is 1. The minimum atomic E-state index is -0.357. The second kappa shape index (κ2) is 8.34. The first-order chi connectivity index (χ1) is 16.0. The third-order valence-electron chi connectivity index (χ3n) is 5.86. The Morgan fingerprint density at radius 3 is 2.58 bits per heavy atom. The van der Waals surface area contributed by atoms with E-state index in [1.807, 2.05) is 6.07 Å². The first-order valence-electron chi connectivity index (χ1n) is 10.6. The Bertz CT molecular complexity index is 1430. The summed E-state index contributed by atoms with van der Waals surface area (Å²) in [5, 5.41) is 2.73. The fourth-order valence-corrected chi connectivity index (χ4v) is 4.21. The van der Waals surface area contributed by atoms with E-state index in [4.69, 9.17) is 0 Å². The van der Waals surface area contributed by atoms with Gasteiger partial charge in [0.25, 0.3) is 5.56 Å². The van der Waals surface area contributed by atoms with Crippen molar-refractivity contribution in [2.24, 2.45) is 7.05 Å². The second-order valence-electron chi connectivity index (χ2n) is 7.95. The Morgan fingerprint density at radius 2 is 1.82 bits per heavy atom. The summed E-state index contributed by atoms with van der Waals surface area (Å²) >= 11 is 0. The smallest absolute Gasteiger partial charge is 0.324 e. The minimum absolute atomic E-state index is 0.0362. The maximum absolute atomic E-state index is 12.9. The zero-order valence-electron chi connectivity index (χ0n) is 17.9. The highest BCUT2D eigenvalue weighted by Gasteiger charge is 2.26. The molecule has 0 bridgehead atoms. The van der Waals surface area contributed by atoms with Crippen LogP contribution in [0.1, 0.15) is 18.9 Å². The van der Waals surface area contributed by atoms with Gasteiger partial charge < -0.3 is 14.8 Å². The van der Waals surface area contributed by atoms with E-state index < -0.39 is 0 Å². The van der Waals surface area contributed by atoms with Crippen LogP contribution in [0.5, 0.6) is 0 Å². The number of nitrogens with zero attached hydrogens (tertiary/aromatic N) is 6. The lowest BCUT2D eigenvalue weighted by molar-refractivity contribution is 0.184. The highest BCUT2D eigenvalue weighted by atomic mass is 16.2. The molecule has 0 unspecified atom stereocenters. The molecule has 1 aliphatic heterocycles. The molecule has 1 saturated heterocycles. The molecule has 5 rings (SSSR count). The molecule has 1 fully saturated rings. The van der Waals surface area contributed by atoms with E-state index in [2.05, 4.69) is 25.3 Å². The van der Waals surface area contributed by atoms with Gasteiger partial charge in [-0.05, 0) is 37.1 Å². The van der Waals surface area contributed by atoms with Gasteiger partial charge in [-0.15, -0.1) is 0 Å². The van der Waals surface area contributed by atoms with Crippen LogP contribution >= 0.6 is 0 Å². The molecule has 11 heteroatoms. The minimum Gasteiger partial charge on any atom is -0.324 e. The molecule has 168 valence electrons. The van der Waals surface area contributed by atoms with Gasteiger partial charge in [0, 0.05) is 56.5 Å². The number of imidazole rings is 1. The van der Waals surface area contributed by atoms with Crippen LogP contribution in [0.3, 0.4) is 0 Å². The first-order valence-corrected chi connectivity index (χ1v) is 10.6. The molecule has 0 aromatic carbocycles. The number of piperidine rings is 1. The van der Waals surface area contributed by atoms with Gasteiger partial charge in [0.1, 0.15) is 5.69 Å². The van der Waals surface area contributed by atoms with E-state index >= 15 is 0 Å². The predicted molar refractivity (Wildman–Crippen MR) is 122 cm³/mol. The summed E-state index contributed by atoms with van der Waals surface area (Å²) in [6, 6.07) is 6.55. The number of nitrogens with one attached hydrogen (secondary N) is 2. The number of aromatic amines is 1. The largest absolute Gasteiger partial charge is 0.327 e. The number of aryl methyl sites for hydroxylation is 1. The van der Waals surface area contributed by atoms with Gasteiger partial charge in [-0.25, -0.2) is 24.5 Å². The van der Waals surface area contributed by atoms with E-state index in [-0.39, 0.29) is 29.0 Å². The Hall–Kier alpha value is -4.28. The van der Waals surface area contributed by atoms with E-state index in [0.29, 0.717) is 43.0 Å². The Balaban J connectivity index is 1.31. The molecule has 1 aliphatic rings. The fraction of sp³-hybridized carbons (Fsp3) is 0.273. The molecule has 0 radical (unpaired) electrons. The summed E-state index contributed by atoms with van der Waals surface area (Å²) in [5.41, 5.74) is 1.58. The quantitative estimate of drug-likeness (QED) is 0.493. The number of carbonyl (C=O) groups is 1. The van der Waals surface area contributed by atoms with Gasteiger partial charge in [-0.2, -0.15) is 0 Å². The molecular weight excluding hydrogens is 424 g/mol. The highest BCUT2D eigenvalue weighted by Crippen LogP contribution is 2.25. The molecular formula is C22H22N8O3. The van der Waals surface area contributed by atoms with Crippen LogP contribution in [0.4, 0.5) is 10.5 Å². The SMILES string of the molecule is Cn1cc(-c2ncccn2)cc(NC(=O)N2CCC(n3c(=O)[nH]c4ncccc43)CC2)c1=O. The standard InChI is InChI=1S/C22H22N8O3/c1-28-13-14(18-23-8-3-9-24-18)12-16(20(28)31)26-21(32)29-10-5-15(6-11-29)30-17-4-2-7-25-19(17)27-22(30)33/h2-4,7-9,12-13,15H,5-6,10-11H2,1H3,(H,26,32)(H,25,27,33). The highest BCUT2D eigenvalue weighted by molar-refractivity contribution is 5.89.